The van der Waals surface area contributed by atoms with Gasteiger partial charge >= 0.3 is 5.76 Å². The van der Waals surface area contributed by atoms with E-state index in [0.717, 1.165) is 11.1 Å². The summed E-state index contributed by atoms with van der Waals surface area (Å²) < 4.78 is 8.16. The molecule has 0 fully saturated rings. The van der Waals surface area contributed by atoms with Crippen LogP contribution >= 0.6 is 38.5 Å². The van der Waals surface area contributed by atoms with Crippen molar-refractivity contribution in [3.8, 4) is 0 Å². The van der Waals surface area contributed by atoms with Gasteiger partial charge in [0.2, 0.25) is 0 Å². The Labute approximate surface area is 144 Å². The van der Waals surface area contributed by atoms with E-state index in [9.17, 15) is 4.79 Å². The number of hydrogen-bond acceptors (Lipinski definition) is 2. The summed E-state index contributed by atoms with van der Waals surface area (Å²) in [5, 5.41) is 0. The Morgan fingerprint density at radius 3 is 2.76 bits per heavy atom. The monoisotopic (exact) mass is 457 g/mol. The topological polar surface area (TPSA) is 35.1 Å². The molecule has 2 aromatic carbocycles. The van der Waals surface area contributed by atoms with Crippen molar-refractivity contribution in [2.75, 3.05) is 0 Å². The third-order valence-electron chi connectivity index (χ3n) is 3.48. The maximum atomic E-state index is 11.8. The van der Waals surface area contributed by atoms with Gasteiger partial charge in [-0.05, 0) is 58.8 Å². The highest BCUT2D eigenvalue weighted by Crippen LogP contribution is 2.34. The standard InChI is InChI=1S/C16H13BrINO2/c1-2-19-13-8-7-10(9-14(13)21-16(19)20)15(17)11-5-3-4-6-12(11)18/h3-9,15H,2H2,1H3. The smallest absolute Gasteiger partial charge is 0.408 e. The molecular weight excluding hydrogens is 445 g/mol. The molecule has 0 aliphatic carbocycles. The van der Waals surface area contributed by atoms with Gasteiger partial charge in [0.05, 0.1) is 10.3 Å². The fourth-order valence-corrected chi connectivity index (χ4v) is 4.21. The zero-order chi connectivity index (χ0) is 15.0. The molecule has 108 valence electrons. The van der Waals surface area contributed by atoms with Gasteiger partial charge in [-0.3, -0.25) is 4.57 Å². The van der Waals surface area contributed by atoms with Gasteiger partial charge < -0.3 is 4.42 Å². The minimum Gasteiger partial charge on any atom is -0.408 e. The molecule has 0 amide bonds. The van der Waals surface area contributed by atoms with Crippen molar-refractivity contribution in [2.24, 2.45) is 0 Å². The molecule has 0 saturated carbocycles. The maximum Gasteiger partial charge on any atom is 0.419 e. The van der Waals surface area contributed by atoms with Crippen LogP contribution in [0, 0.1) is 3.57 Å². The Bertz CT molecular complexity index is 853. The number of benzene rings is 2. The highest BCUT2D eigenvalue weighted by Gasteiger charge is 2.15. The maximum absolute atomic E-state index is 11.8. The van der Waals surface area contributed by atoms with Crippen LogP contribution in [0.25, 0.3) is 11.1 Å². The van der Waals surface area contributed by atoms with Crippen molar-refractivity contribution in [2.45, 2.75) is 18.3 Å². The molecule has 0 radical (unpaired) electrons. The van der Waals surface area contributed by atoms with Crippen LogP contribution in [0.15, 0.2) is 51.7 Å². The van der Waals surface area contributed by atoms with E-state index in [-0.39, 0.29) is 10.6 Å². The van der Waals surface area contributed by atoms with Gasteiger partial charge in [-0.1, -0.05) is 40.2 Å². The molecule has 0 aliphatic heterocycles. The molecule has 3 nitrogen and oxygen atoms in total. The van der Waals surface area contributed by atoms with Gasteiger partial charge in [0.1, 0.15) is 0 Å². The van der Waals surface area contributed by atoms with Crippen molar-refractivity contribution in [1.82, 2.24) is 4.57 Å². The van der Waals surface area contributed by atoms with Gasteiger partial charge in [0.25, 0.3) is 0 Å². The first-order valence-corrected chi connectivity index (χ1v) is 8.63. The van der Waals surface area contributed by atoms with Crippen molar-refractivity contribution in [3.05, 3.63) is 67.7 Å². The molecule has 0 spiro atoms. The Balaban J connectivity index is 2.09. The predicted octanol–water partition coefficient (Wildman–Crippen LogP) is 4.70. The van der Waals surface area contributed by atoms with Crippen molar-refractivity contribution in [1.29, 1.82) is 0 Å². The van der Waals surface area contributed by atoms with Crippen LogP contribution in [0.2, 0.25) is 0 Å². The number of aryl methyl sites for hydroxylation is 1. The average Bonchev–Trinajstić information content (AvgIpc) is 2.81. The third-order valence-corrected chi connectivity index (χ3v) is 5.48. The first kappa shape index (κ1) is 14.8. The second-order valence-electron chi connectivity index (χ2n) is 4.72. The molecule has 3 rings (SSSR count). The van der Waals surface area contributed by atoms with Crippen LogP contribution in [0.4, 0.5) is 0 Å². The van der Waals surface area contributed by atoms with Crippen LogP contribution in [0.1, 0.15) is 22.9 Å². The molecule has 21 heavy (non-hydrogen) atoms. The van der Waals surface area contributed by atoms with E-state index in [2.05, 4.69) is 50.7 Å². The Hall–Kier alpha value is -1.08. The summed E-state index contributed by atoms with van der Waals surface area (Å²) >= 11 is 6.07. The first-order chi connectivity index (χ1) is 10.1. The summed E-state index contributed by atoms with van der Waals surface area (Å²) in [7, 11) is 0. The van der Waals surface area contributed by atoms with Crippen molar-refractivity contribution in [3.63, 3.8) is 0 Å². The number of alkyl halides is 1. The fourth-order valence-electron chi connectivity index (χ4n) is 2.40. The molecule has 3 aromatic rings. The van der Waals surface area contributed by atoms with Gasteiger partial charge in [0.15, 0.2) is 5.58 Å². The largest absolute Gasteiger partial charge is 0.419 e. The normalized spacial score (nSPS) is 12.7. The zero-order valence-electron chi connectivity index (χ0n) is 11.3. The SMILES string of the molecule is CCn1c(=O)oc2cc(C(Br)c3ccccc3I)ccc21. The lowest BCUT2D eigenvalue weighted by Crippen LogP contribution is -2.11. The molecular formula is C16H13BrINO2. The molecule has 5 heteroatoms. The minimum absolute atomic E-state index is 0.0743. The molecule has 1 heterocycles. The Morgan fingerprint density at radius 2 is 2.05 bits per heavy atom. The molecule has 0 N–H and O–H groups in total. The fraction of sp³-hybridized carbons (Fsp3) is 0.188. The van der Waals surface area contributed by atoms with Gasteiger partial charge in [-0.15, -0.1) is 0 Å². The molecule has 1 unspecified atom stereocenters. The van der Waals surface area contributed by atoms with Crippen molar-refractivity contribution >= 4 is 49.6 Å². The average molecular weight is 458 g/mol. The number of aromatic nitrogens is 1. The zero-order valence-corrected chi connectivity index (χ0v) is 15.1. The predicted molar refractivity (Wildman–Crippen MR) is 96.1 cm³/mol. The second kappa shape index (κ2) is 5.96. The number of oxazole rings is 1. The first-order valence-electron chi connectivity index (χ1n) is 6.63. The summed E-state index contributed by atoms with van der Waals surface area (Å²) in [5.74, 6) is -0.301. The molecule has 0 aliphatic rings. The van der Waals surface area contributed by atoms with Gasteiger partial charge in [-0.2, -0.15) is 0 Å². The lowest BCUT2D eigenvalue weighted by molar-refractivity contribution is 0.513. The van der Waals surface area contributed by atoms with Crippen LogP contribution in [0.3, 0.4) is 0 Å². The second-order valence-corrected chi connectivity index (χ2v) is 6.80. The van der Waals surface area contributed by atoms with E-state index in [0.29, 0.717) is 12.1 Å². The molecule has 1 atom stereocenters. The summed E-state index contributed by atoms with van der Waals surface area (Å²) in [5.41, 5.74) is 3.75. The quantitative estimate of drug-likeness (QED) is 0.422. The van der Waals surface area contributed by atoms with Crippen LogP contribution < -0.4 is 5.76 Å². The lowest BCUT2D eigenvalue weighted by atomic mass is 10.0. The highest BCUT2D eigenvalue weighted by atomic mass is 127. The Morgan fingerprint density at radius 1 is 1.29 bits per heavy atom. The van der Waals surface area contributed by atoms with Crippen LogP contribution in [0.5, 0.6) is 0 Å². The van der Waals surface area contributed by atoms with E-state index in [1.807, 2.05) is 37.3 Å². The summed E-state index contributed by atoms with van der Waals surface area (Å²) in [6, 6.07) is 14.1. The van der Waals surface area contributed by atoms with Gasteiger partial charge in [-0.25, -0.2) is 4.79 Å². The number of halogens is 2. The number of nitrogens with zero attached hydrogens (tertiary/aromatic N) is 1. The highest BCUT2D eigenvalue weighted by molar-refractivity contribution is 14.1. The number of hydrogen-bond donors (Lipinski definition) is 0. The number of fused-ring (bicyclic) bond motifs is 1. The van der Waals surface area contributed by atoms with E-state index in [1.54, 1.807) is 4.57 Å². The van der Waals surface area contributed by atoms with E-state index >= 15 is 0 Å². The van der Waals surface area contributed by atoms with Gasteiger partial charge in [0, 0.05) is 10.1 Å². The van der Waals surface area contributed by atoms with E-state index in [4.69, 9.17) is 4.42 Å². The Kier molecular flexibility index (Phi) is 4.21. The van der Waals surface area contributed by atoms with E-state index < -0.39 is 0 Å². The third kappa shape index (κ3) is 2.68. The molecule has 1 aromatic heterocycles. The lowest BCUT2D eigenvalue weighted by Gasteiger charge is -2.12. The minimum atomic E-state index is -0.301. The molecule has 0 bridgehead atoms. The summed E-state index contributed by atoms with van der Waals surface area (Å²) in [6.07, 6.45) is 0. The van der Waals surface area contributed by atoms with Crippen LogP contribution in [-0.2, 0) is 6.54 Å². The molecule has 0 saturated heterocycles. The summed E-state index contributed by atoms with van der Waals surface area (Å²) in [6.45, 7) is 2.55. The summed E-state index contributed by atoms with van der Waals surface area (Å²) in [4.78, 5) is 11.8. The number of rotatable bonds is 3. The van der Waals surface area contributed by atoms with Crippen LogP contribution in [-0.4, -0.2) is 4.57 Å². The van der Waals surface area contributed by atoms with E-state index in [1.165, 1.54) is 9.13 Å². The van der Waals surface area contributed by atoms with Crippen molar-refractivity contribution < 1.29 is 4.42 Å².